The smallest absolute Gasteiger partial charge is 0.0998 e. The summed E-state index contributed by atoms with van der Waals surface area (Å²) >= 11 is 0. The molecule has 1 aliphatic rings. The number of benzene rings is 2. The molecule has 2 aromatic carbocycles. The summed E-state index contributed by atoms with van der Waals surface area (Å²) in [4.78, 5) is 0. The Morgan fingerprint density at radius 1 is 0.947 bits per heavy atom. The topological polar surface area (TPSA) is 35.8 Å². The molecule has 0 unspecified atom stereocenters. The molecule has 2 nitrogen and oxygen atoms in total. The van der Waals surface area contributed by atoms with Gasteiger partial charge in [-0.3, -0.25) is 0 Å². The first-order valence-corrected chi connectivity index (χ1v) is 15.0. The highest BCUT2D eigenvalue weighted by Crippen LogP contribution is 2.28. The Morgan fingerprint density at radius 2 is 1.55 bits per heavy atom. The van der Waals surface area contributed by atoms with Gasteiger partial charge in [0.25, 0.3) is 0 Å². The highest BCUT2D eigenvalue weighted by molar-refractivity contribution is 5.75. The Bertz CT molecular complexity index is 962. The third-order valence-electron chi connectivity index (χ3n) is 5.78. The lowest BCUT2D eigenvalue weighted by molar-refractivity contribution is 0.817. The van der Waals surface area contributed by atoms with Crippen LogP contribution in [-0.2, 0) is 12.8 Å². The van der Waals surface area contributed by atoms with Crippen LogP contribution < -0.4 is 5.32 Å². The van der Waals surface area contributed by atoms with E-state index in [1.165, 1.54) is 48.2 Å². The number of allylic oxidation sites excluding steroid dienone is 3. The summed E-state index contributed by atoms with van der Waals surface area (Å²) in [5, 5.41) is 12.9. The van der Waals surface area contributed by atoms with Crippen LogP contribution in [0.15, 0.2) is 49.1 Å². The van der Waals surface area contributed by atoms with Crippen molar-refractivity contribution in [2.75, 3.05) is 13.1 Å². The van der Waals surface area contributed by atoms with Crippen molar-refractivity contribution < 1.29 is 0 Å². The van der Waals surface area contributed by atoms with Crippen molar-refractivity contribution in [2.45, 2.75) is 108 Å². The van der Waals surface area contributed by atoms with Gasteiger partial charge in [-0.05, 0) is 112 Å². The number of nitrogens with zero attached hydrogens (tertiary/aromatic N) is 1. The minimum Gasteiger partial charge on any atom is -0.317 e. The molecule has 2 heteroatoms. The summed E-state index contributed by atoms with van der Waals surface area (Å²) in [6.45, 7) is 29.2. The van der Waals surface area contributed by atoms with Crippen molar-refractivity contribution in [2.24, 2.45) is 5.92 Å². The molecule has 3 rings (SSSR count). The number of aryl methyl sites for hydroxylation is 3. The van der Waals surface area contributed by atoms with Crippen LogP contribution >= 0.6 is 0 Å². The second kappa shape index (κ2) is 23.5. The molecule has 1 saturated heterocycles. The minimum absolute atomic E-state index is 0.460. The number of nitriles is 1. The molecule has 1 aliphatic heterocycles. The van der Waals surface area contributed by atoms with Gasteiger partial charge in [0.2, 0.25) is 0 Å². The predicted molar refractivity (Wildman–Crippen MR) is 174 cm³/mol. The zero-order chi connectivity index (χ0) is 29.5. The van der Waals surface area contributed by atoms with Crippen molar-refractivity contribution in [3.05, 3.63) is 82.4 Å². The van der Waals surface area contributed by atoms with Crippen molar-refractivity contribution in [1.82, 2.24) is 5.32 Å². The molecule has 0 bridgehead atoms. The first-order valence-electron chi connectivity index (χ1n) is 15.0. The van der Waals surface area contributed by atoms with E-state index >= 15 is 0 Å². The number of nitrogens with one attached hydrogen (secondary N) is 1. The summed E-state index contributed by atoms with van der Waals surface area (Å²) < 4.78 is 0. The van der Waals surface area contributed by atoms with E-state index < -0.39 is 0 Å². The standard InChI is InChI=1S/C26H31N.C4H9N.3C2H6/c1-18(2)13-21(6)26-15-23(25(19(3)4)16-24(26)17-27)12-8-11-22-10-7-9-20(5)14-22;1-2-4-5-3-1;3*1-2/h7,9-10,13-16,18H,3,8,11-12H2,1-2,4-6H3;5H,1-4H2;3*1-2H3/b21-13+;;;;. The van der Waals surface area contributed by atoms with Crippen LogP contribution in [0.2, 0.25) is 0 Å². The van der Waals surface area contributed by atoms with Gasteiger partial charge in [-0.2, -0.15) is 5.26 Å². The maximum Gasteiger partial charge on any atom is 0.0998 e. The molecular formula is C36H58N2. The fourth-order valence-electron chi connectivity index (χ4n) is 4.23. The normalized spacial score (nSPS) is 11.8. The van der Waals surface area contributed by atoms with Gasteiger partial charge in [0.15, 0.2) is 0 Å². The van der Waals surface area contributed by atoms with Crippen LogP contribution in [0.5, 0.6) is 0 Å². The Morgan fingerprint density at radius 3 is 2.00 bits per heavy atom. The lowest BCUT2D eigenvalue weighted by atomic mass is 9.89. The molecule has 0 radical (unpaired) electrons. The van der Waals surface area contributed by atoms with Crippen molar-refractivity contribution in [1.29, 1.82) is 5.26 Å². The van der Waals surface area contributed by atoms with Gasteiger partial charge in [0, 0.05) is 0 Å². The molecule has 1 fully saturated rings. The maximum absolute atomic E-state index is 9.64. The second-order valence-corrected chi connectivity index (χ2v) is 9.34. The molecule has 0 saturated carbocycles. The van der Waals surface area contributed by atoms with Crippen LogP contribution in [0.4, 0.5) is 0 Å². The molecule has 0 amide bonds. The first kappa shape index (κ1) is 37.5. The van der Waals surface area contributed by atoms with E-state index in [1.807, 2.05) is 54.5 Å². The third-order valence-corrected chi connectivity index (χ3v) is 5.78. The molecule has 0 spiro atoms. The van der Waals surface area contributed by atoms with Gasteiger partial charge in [-0.15, -0.1) is 0 Å². The van der Waals surface area contributed by atoms with Crippen LogP contribution in [0, 0.1) is 24.2 Å². The van der Waals surface area contributed by atoms with Crippen molar-refractivity contribution in [3.63, 3.8) is 0 Å². The molecule has 1 N–H and O–H groups in total. The van der Waals surface area contributed by atoms with E-state index in [9.17, 15) is 5.26 Å². The fourth-order valence-corrected chi connectivity index (χ4v) is 4.23. The number of rotatable bonds is 7. The average Bonchev–Trinajstić information content (AvgIpc) is 3.52. The molecule has 0 aliphatic carbocycles. The van der Waals surface area contributed by atoms with Crippen LogP contribution in [-0.4, -0.2) is 13.1 Å². The van der Waals surface area contributed by atoms with Crippen LogP contribution in [0.3, 0.4) is 0 Å². The van der Waals surface area contributed by atoms with Gasteiger partial charge < -0.3 is 5.32 Å². The first-order chi connectivity index (χ1) is 18.3. The fraction of sp³-hybridized carbons (Fsp3) is 0.528. The van der Waals surface area contributed by atoms with E-state index in [-0.39, 0.29) is 0 Å². The predicted octanol–water partition coefficient (Wildman–Crippen LogP) is 10.6. The van der Waals surface area contributed by atoms with Gasteiger partial charge in [-0.1, -0.05) is 103 Å². The summed E-state index contributed by atoms with van der Waals surface area (Å²) in [5.41, 5.74) is 9.11. The SMILES string of the molecule is C1CCNC1.C=C(C)c1cc(C#N)c(/C(C)=C/C(C)C)cc1CCCc1cccc(C)c1.CC.CC.CC. The number of hydrogen-bond donors (Lipinski definition) is 1. The van der Waals surface area contributed by atoms with E-state index in [0.717, 1.165) is 41.5 Å². The Balaban J connectivity index is 0. The van der Waals surface area contributed by atoms with E-state index in [1.54, 1.807) is 0 Å². The van der Waals surface area contributed by atoms with Crippen LogP contribution in [0.1, 0.15) is 122 Å². The summed E-state index contributed by atoms with van der Waals surface area (Å²) in [5.74, 6) is 0.460. The Labute approximate surface area is 237 Å². The largest absolute Gasteiger partial charge is 0.317 e. The van der Waals surface area contributed by atoms with Gasteiger partial charge in [0.1, 0.15) is 0 Å². The summed E-state index contributed by atoms with van der Waals surface area (Å²) in [6, 6.07) is 15.4. The number of hydrogen-bond acceptors (Lipinski definition) is 2. The third kappa shape index (κ3) is 14.9. The maximum atomic E-state index is 9.64. The Hall–Kier alpha value is -2.63. The molecule has 212 valence electrons. The monoisotopic (exact) mass is 518 g/mol. The van der Waals surface area contributed by atoms with Gasteiger partial charge >= 0.3 is 0 Å². The van der Waals surface area contributed by atoms with E-state index in [2.05, 4.69) is 82.1 Å². The lowest BCUT2D eigenvalue weighted by Crippen LogP contribution is -2.03. The molecule has 0 aromatic heterocycles. The van der Waals surface area contributed by atoms with Crippen LogP contribution in [0.25, 0.3) is 11.1 Å². The lowest BCUT2D eigenvalue weighted by Gasteiger charge is -2.15. The summed E-state index contributed by atoms with van der Waals surface area (Å²) in [6.07, 6.45) is 8.15. The highest BCUT2D eigenvalue weighted by Gasteiger charge is 2.12. The zero-order valence-corrected chi connectivity index (χ0v) is 26.7. The minimum atomic E-state index is 0.460. The summed E-state index contributed by atoms with van der Waals surface area (Å²) in [7, 11) is 0. The molecule has 0 atom stereocenters. The molecular weight excluding hydrogens is 460 g/mol. The van der Waals surface area contributed by atoms with E-state index in [0.29, 0.717) is 5.92 Å². The van der Waals surface area contributed by atoms with Gasteiger partial charge in [0.05, 0.1) is 11.6 Å². The van der Waals surface area contributed by atoms with E-state index in [4.69, 9.17) is 0 Å². The quantitative estimate of drug-likeness (QED) is 0.395. The molecule has 1 heterocycles. The van der Waals surface area contributed by atoms with Gasteiger partial charge in [-0.25, -0.2) is 0 Å². The average molecular weight is 519 g/mol. The zero-order valence-electron chi connectivity index (χ0n) is 26.7. The Kier molecular flexibility index (Phi) is 23.2. The highest BCUT2D eigenvalue weighted by atomic mass is 14.9. The molecule has 38 heavy (non-hydrogen) atoms. The van der Waals surface area contributed by atoms with Crippen molar-refractivity contribution in [3.8, 4) is 6.07 Å². The van der Waals surface area contributed by atoms with Crippen molar-refractivity contribution >= 4 is 11.1 Å². The molecule has 2 aromatic rings. The second-order valence-electron chi connectivity index (χ2n) is 9.34.